The van der Waals surface area contributed by atoms with Gasteiger partial charge in [-0.1, -0.05) is 41.9 Å². The van der Waals surface area contributed by atoms with E-state index in [9.17, 15) is 19.7 Å². The number of nitro groups is 1. The highest BCUT2D eigenvalue weighted by atomic mass is 35.5. The van der Waals surface area contributed by atoms with Crippen molar-refractivity contribution in [2.75, 3.05) is 6.61 Å². The van der Waals surface area contributed by atoms with Crippen LogP contribution in [0.4, 0.5) is 5.69 Å². The minimum Gasteiger partial charge on any atom is -0.454 e. The van der Waals surface area contributed by atoms with Crippen molar-refractivity contribution in [3.63, 3.8) is 0 Å². The molecule has 0 aliphatic rings. The first kappa shape index (κ1) is 15.7. The molecule has 2 aromatic rings. The number of hydrogen-bond donors (Lipinski definition) is 0. The number of esters is 1. The summed E-state index contributed by atoms with van der Waals surface area (Å²) in [6.07, 6.45) is 0. The lowest BCUT2D eigenvalue weighted by Gasteiger charge is -2.05. The molecule has 0 aliphatic carbocycles. The van der Waals surface area contributed by atoms with Gasteiger partial charge in [0.1, 0.15) is 5.56 Å². The molecule has 7 heteroatoms. The molecular formula is C15H10ClNO5. The fourth-order valence-corrected chi connectivity index (χ4v) is 1.92. The summed E-state index contributed by atoms with van der Waals surface area (Å²) in [6, 6.07) is 11.8. The Labute approximate surface area is 130 Å². The van der Waals surface area contributed by atoms with Crippen LogP contribution in [-0.2, 0) is 4.74 Å². The Kier molecular flexibility index (Phi) is 4.85. The number of nitrogens with zero attached hydrogens (tertiary/aromatic N) is 1. The van der Waals surface area contributed by atoms with E-state index >= 15 is 0 Å². The van der Waals surface area contributed by atoms with Crippen LogP contribution in [0.25, 0.3) is 0 Å². The monoisotopic (exact) mass is 319 g/mol. The van der Waals surface area contributed by atoms with Crippen molar-refractivity contribution < 1.29 is 19.2 Å². The molecule has 2 rings (SSSR count). The van der Waals surface area contributed by atoms with Crippen molar-refractivity contribution in [3.05, 3.63) is 74.8 Å². The Hall–Kier alpha value is -2.73. The number of benzene rings is 2. The molecule has 0 radical (unpaired) electrons. The summed E-state index contributed by atoms with van der Waals surface area (Å²) in [5.74, 6) is -1.38. The maximum absolute atomic E-state index is 11.9. The van der Waals surface area contributed by atoms with E-state index < -0.39 is 29.0 Å². The fraction of sp³-hybridized carbons (Fsp3) is 0.0667. The first-order chi connectivity index (χ1) is 10.5. The largest absolute Gasteiger partial charge is 0.454 e. The molecule has 0 atom stereocenters. The molecule has 0 amide bonds. The van der Waals surface area contributed by atoms with Crippen LogP contribution in [-0.4, -0.2) is 23.3 Å². The van der Waals surface area contributed by atoms with E-state index in [1.165, 1.54) is 6.07 Å². The predicted octanol–water partition coefficient (Wildman–Crippen LogP) is 3.29. The smallest absolute Gasteiger partial charge is 0.345 e. The summed E-state index contributed by atoms with van der Waals surface area (Å²) in [5, 5.41) is 11.0. The number of carbonyl (C=O) groups excluding carboxylic acids is 2. The molecule has 0 aliphatic heterocycles. The molecular weight excluding hydrogens is 310 g/mol. The van der Waals surface area contributed by atoms with Crippen LogP contribution in [0.5, 0.6) is 0 Å². The Morgan fingerprint density at radius 1 is 1.14 bits per heavy atom. The van der Waals surface area contributed by atoms with Crippen LogP contribution in [0.2, 0.25) is 5.02 Å². The van der Waals surface area contributed by atoms with Gasteiger partial charge in [0.15, 0.2) is 12.4 Å². The zero-order chi connectivity index (χ0) is 16.1. The topological polar surface area (TPSA) is 86.5 Å². The van der Waals surface area contributed by atoms with Crippen LogP contribution < -0.4 is 0 Å². The number of halogens is 1. The van der Waals surface area contributed by atoms with Crippen molar-refractivity contribution >= 4 is 29.0 Å². The molecule has 6 nitrogen and oxygen atoms in total. The number of rotatable bonds is 5. The first-order valence-electron chi connectivity index (χ1n) is 6.18. The second-order valence-corrected chi connectivity index (χ2v) is 4.72. The number of nitro benzene ring substituents is 1. The highest BCUT2D eigenvalue weighted by molar-refractivity contribution is 6.31. The van der Waals surface area contributed by atoms with Gasteiger partial charge in [-0.15, -0.1) is 0 Å². The minimum absolute atomic E-state index is 0.159. The second kappa shape index (κ2) is 6.82. The zero-order valence-corrected chi connectivity index (χ0v) is 11.9. The molecule has 112 valence electrons. The lowest BCUT2D eigenvalue weighted by molar-refractivity contribution is -0.385. The van der Waals surface area contributed by atoms with Crippen molar-refractivity contribution in [1.82, 2.24) is 0 Å². The fourth-order valence-electron chi connectivity index (χ4n) is 1.75. The Bertz CT molecular complexity index is 730. The van der Waals surface area contributed by atoms with Gasteiger partial charge in [-0.3, -0.25) is 14.9 Å². The van der Waals surface area contributed by atoms with Crippen molar-refractivity contribution in [3.8, 4) is 0 Å². The van der Waals surface area contributed by atoms with Crippen molar-refractivity contribution in [2.24, 2.45) is 0 Å². The van der Waals surface area contributed by atoms with E-state index in [0.29, 0.717) is 5.56 Å². The molecule has 0 heterocycles. The van der Waals surface area contributed by atoms with Crippen molar-refractivity contribution in [1.29, 1.82) is 0 Å². The third kappa shape index (κ3) is 3.67. The quantitative estimate of drug-likeness (QED) is 0.365. The number of carbonyl (C=O) groups is 2. The first-order valence-corrected chi connectivity index (χ1v) is 6.56. The van der Waals surface area contributed by atoms with E-state index in [2.05, 4.69) is 0 Å². The van der Waals surface area contributed by atoms with E-state index in [4.69, 9.17) is 16.3 Å². The van der Waals surface area contributed by atoms with Gasteiger partial charge >= 0.3 is 5.97 Å². The van der Waals surface area contributed by atoms with Crippen LogP contribution in [0, 0.1) is 10.1 Å². The van der Waals surface area contributed by atoms with Crippen LogP contribution in [0.1, 0.15) is 20.7 Å². The number of ketones is 1. The van der Waals surface area contributed by atoms with Gasteiger partial charge in [-0.25, -0.2) is 4.79 Å². The maximum atomic E-state index is 11.9. The van der Waals surface area contributed by atoms with Crippen molar-refractivity contribution in [2.45, 2.75) is 0 Å². The molecule has 0 spiro atoms. The van der Waals surface area contributed by atoms with Gasteiger partial charge in [0.05, 0.1) is 4.92 Å². The average molecular weight is 320 g/mol. The summed E-state index contributed by atoms with van der Waals surface area (Å²) >= 11 is 5.73. The summed E-state index contributed by atoms with van der Waals surface area (Å²) in [5.41, 5.74) is -0.337. The normalized spacial score (nSPS) is 10.0. The lowest BCUT2D eigenvalue weighted by atomic mass is 10.1. The molecule has 2 aromatic carbocycles. The van der Waals surface area contributed by atoms with Gasteiger partial charge in [0.25, 0.3) is 5.69 Å². The average Bonchev–Trinajstić information content (AvgIpc) is 2.52. The van der Waals surface area contributed by atoms with Gasteiger partial charge in [-0.05, 0) is 12.1 Å². The number of ether oxygens (including phenoxy) is 1. The van der Waals surface area contributed by atoms with Gasteiger partial charge in [0, 0.05) is 16.7 Å². The third-order valence-corrected chi connectivity index (χ3v) is 3.04. The predicted molar refractivity (Wildman–Crippen MR) is 79.2 cm³/mol. The standard InChI is InChI=1S/C15H10ClNO5/c16-11-6-7-13(17(20)21)12(8-11)15(19)22-9-14(18)10-4-2-1-3-5-10/h1-8H,9H2. The minimum atomic E-state index is -0.974. The Morgan fingerprint density at radius 2 is 1.82 bits per heavy atom. The third-order valence-electron chi connectivity index (χ3n) is 2.81. The highest BCUT2D eigenvalue weighted by Gasteiger charge is 2.22. The van der Waals surface area contributed by atoms with E-state index in [-0.39, 0.29) is 10.6 Å². The van der Waals surface area contributed by atoms with Gasteiger partial charge < -0.3 is 4.74 Å². The molecule has 0 bridgehead atoms. The van der Waals surface area contributed by atoms with Gasteiger partial charge in [0.2, 0.25) is 0 Å². The summed E-state index contributed by atoms with van der Waals surface area (Å²) in [4.78, 5) is 33.9. The van der Waals surface area contributed by atoms with Crippen LogP contribution in [0.3, 0.4) is 0 Å². The Morgan fingerprint density at radius 3 is 2.45 bits per heavy atom. The molecule has 0 fully saturated rings. The summed E-state index contributed by atoms with van der Waals surface area (Å²) in [7, 11) is 0. The van der Waals surface area contributed by atoms with E-state index in [0.717, 1.165) is 12.1 Å². The summed E-state index contributed by atoms with van der Waals surface area (Å²) in [6.45, 7) is -0.507. The molecule has 0 N–H and O–H groups in total. The highest BCUT2D eigenvalue weighted by Crippen LogP contribution is 2.23. The SMILES string of the molecule is O=C(COC(=O)c1cc(Cl)ccc1[N+](=O)[O-])c1ccccc1. The van der Waals surface area contributed by atoms with Gasteiger partial charge in [-0.2, -0.15) is 0 Å². The van der Waals surface area contributed by atoms with Crippen LogP contribution >= 0.6 is 11.6 Å². The van der Waals surface area contributed by atoms with E-state index in [1.807, 2.05) is 0 Å². The zero-order valence-electron chi connectivity index (χ0n) is 11.2. The summed E-state index contributed by atoms with van der Waals surface area (Å²) < 4.78 is 4.84. The molecule has 22 heavy (non-hydrogen) atoms. The molecule has 0 unspecified atom stereocenters. The molecule has 0 saturated carbocycles. The lowest BCUT2D eigenvalue weighted by Crippen LogP contribution is -2.15. The van der Waals surface area contributed by atoms with E-state index in [1.54, 1.807) is 30.3 Å². The number of Topliss-reactive ketones (excluding diaryl/α,β-unsaturated/α-hetero) is 1. The second-order valence-electron chi connectivity index (χ2n) is 4.28. The Balaban J connectivity index is 2.12. The number of hydrogen-bond acceptors (Lipinski definition) is 5. The van der Waals surface area contributed by atoms with Crippen LogP contribution in [0.15, 0.2) is 48.5 Å². The molecule has 0 saturated heterocycles. The maximum Gasteiger partial charge on any atom is 0.345 e. The molecule has 0 aromatic heterocycles.